The van der Waals surface area contributed by atoms with Gasteiger partial charge in [-0.2, -0.15) is 0 Å². The molecule has 1 aliphatic carbocycles. The van der Waals surface area contributed by atoms with Crippen LogP contribution >= 0.6 is 0 Å². The Balaban J connectivity index is 1.88. The molecule has 174 valence electrons. The second kappa shape index (κ2) is 9.98. The average Bonchev–Trinajstić information content (AvgIpc) is 2.96. The highest BCUT2D eigenvalue weighted by Crippen LogP contribution is 2.42. The lowest BCUT2D eigenvalue weighted by molar-refractivity contribution is -0.142. The molecule has 1 amide bonds. The van der Waals surface area contributed by atoms with Crippen molar-refractivity contribution in [1.82, 2.24) is 4.57 Å². The monoisotopic (exact) mass is 450 g/mol. The van der Waals surface area contributed by atoms with Gasteiger partial charge in [0.15, 0.2) is 6.61 Å². The zero-order valence-electron chi connectivity index (χ0n) is 19.1. The van der Waals surface area contributed by atoms with Crippen LogP contribution in [0.5, 0.6) is 11.5 Å². The molecule has 0 spiro atoms. The number of methoxy groups -OCH3 is 1. The topological polar surface area (TPSA) is 92.8 Å². The molecule has 0 saturated carbocycles. The van der Waals surface area contributed by atoms with Crippen LogP contribution in [0.4, 0.5) is 0 Å². The number of nitrogens with two attached hydrogens (primary N) is 1. The number of fused-ring (bicyclic) bond motifs is 3. The molecule has 0 aliphatic heterocycles. The lowest BCUT2D eigenvalue weighted by Gasteiger charge is -2.14. The quantitative estimate of drug-likeness (QED) is 0.415. The first kappa shape index (κ1) is 22.7. The molecule has 1 aromatic heterocycles. The van der Waals surface area contributed by atoms with Gasteiger partial charge in [0.25, 0.3) is 0 Å². The van der Waals surface area contributed by atoms with Crippen molar-refractivity contribution in [3.63, 3.8) is 0 Å². The van der Waals surface area contributed by atoms with E-state index in [4.69, 9.17) is 19.9 Å². The van der Waals surface area contributed by atoms with E-state index in [0.29, 0.717) is 25.3 Å². The molecule has 4 rings (SSSR count). The summed E-state index contributed by atoms with van der Waals surface area (Å²) in [6.45, 7) is 2.99. The highest BCUT2D eigenvalue weighted by atomic mass is 16.6. The lowest BCUT2D eigenvalue weighted by Crippen LogP contribution is -2.21. The maximum Gasteiger partial charge on any atom is 0.343 e. The van der Waals surface area contributed by atoms with Crippen molar-refractivity contribution in [1.29, 1.82) is 0 Å². The molecule has 0 saturated heterocycles. The summed E-state index contributed by atoms with van der Waals surface area (Å²) in [6, 6.07) is 13.8. The van der Waals surface area contributed by atoms with Crippen molar-refractivity contribution >= 4 is 22.8 Å². The van der Waals surface area contributed by atoms with Gasteiger partial charge in [-0.25, -0.2) is 4.79 Å². The molecule has 1 heterocycles. The van der Waals surface area contributed by atoms with Crippen LogP contribution in [0.15, 0.2) is 42.5 Å². The molecule has 1 unspecified atom stereocenters. The maximum atomic E-state index is 12.5. The van der Waals surface area contributed by atoms with Gasteiger partial charge in [-0.1, -0.05) is 24.6 Å². The zero-order chi connectivity index (χ0) is 23.4. The Kier molecular flexibility index (Phi) is 6.87. The number of ether oxygens (including phenoxy) is 3. The van der Waals surface area contributed by atoms with Crippen LogP contribution in [0, 0.1) is 0 Å². The largest absolute Gasteiger partial charge is 0.494 e. The van der Waals surface area contributed by atoms with Crippen LogP contribution in [-0.2, 0) is 27.3 Å². The fraction of sp³-hybridized carbons (Fsp3) is 0.385. The number of carbonyl (C=O) groups is 2. The van der Waals surface area contributed by atoms with E-state index in [-0.39, 0.29) is 12.5 Å². The van der Waals surface area contributed by atoms with Crippen molar-refractivity contribution in [2.75, 3.05) is 20.3 Å². The van der Waals surface area contributed by atoms with Gasteiger partial charge in [0.1, 0.15) is 11.5 Å². The van der Waals surface area contributed by atoms with Gasteiger partial charge in [0.2, 0.25) is 5.91 Å². The first-order chi connectivity index (χ1) is 16.0. The van der Waals surface area contributed by atoms with E-state index in [1.807, 2.05) is 43.3 Å². The number of benzene rings is 2. The molecular formula is C26H30N2O5. The van der Waals surface area contributed by atoms with Crippen molar-refractivity contribution in [2.24, 2.45) is 5.73 Å². The third kappa shape index (κ3) is 4.67. The molecule has 33 heavy (non-hydrogen) atoms. The summed E-state index contributed by atoms with van der Waals surface area (Å²) in [5.41, 5.74) is 9.95. The van der Waals surface area contributed by atoms with Crippen molar-refractivity contribution in [2.45, 2.75) is 45.1 Å². The predicted octanol–water partition coefficient (Wildman–Crippen LogP) is 3.94. The van der Waals surface area contributed by atoms with Crippen LogP contribution < -0.4 is 15.2 Å². The fourth-order valence-corrected chi connectivity index (χ4v) is 4.74. The summed E-state index contributed by atoms with van der Waals surface area (Å²) in [5, 5.41) is 0.850. The van der Waals surface area contributed by atoms with Gasteiger partial charge in [0.05, 0.1) is 25.2 Å². The van der Waals surface area contributed by atoms with Crippen LogP contribution in [0.25, 0.3) is 10.9 Å². The predicted molar refractivity (Wildman–Crippen MR) is 126 cm³/mol. The molecular weight excluding hydrogens is 420 g/mol. The molecule has 2 aromatic carbocycles. The maximum absolute atomic E-state index is 12.5. The van der Waals surface area contributed by atoms with E-state index >= 15 is 0 Å². The van der Waals surface area contributed by atoms with Crippen molar-refractivity contribution in [3.05, 3.63) is 59.3 Å². The minimum Gasteiger partial charge on any atom is -0.494 e. The SMILES string of the molecule is CCOc1cccc(Cn2c3c(c4c(OCC(=O)OC)cccc42)C(C(N)=O)CCCC3)c1. The second-order valence-corrected chi connectivity index (χ2v) is 8.24. The molecule has 2 N–H and O–H groups in total. The summed E-state index contributed by atoms with van der Waals surface area (Å²) in [6.07, 6.45) is 3.45. The number of aromatic nitrogens is 1. The van der Waals surface area contributed by atoms with Crippen LogP contribution in [0.3, 0.4) is 0 Å². The minimum atomic E-state index is -0.461. The number of amides is 1. The van der Waals surface area contributed by atoms with E-state index in [9.17, 15) is 9.59 Å². The van der Waals surface area contributed by atoms with Crippen molar-refractivity contribution in [3.8, 4) is 11.5 Å². The van der Waals surface area contributed by atoms with Crippen LogP contribution in [0.2, 0.25) is 0 Å². The zero-order valence-corrected chi connectivity index (χ0v) is 19.1. The number of esters is 1. The molecule has 0 bridgehead atoms. The third-order valence-electron chi connectivity index (χ3n) is 6.17. The first-order valence-corrected chi connectivity index (χ1v) is 11.4. The summed E-state index contributed by atoms with van der Waals surface area (Å²) in [4.78, 5) is 24.2. The van der Waals surface area contributed by atoms with Gasteiger partial charge in [-0.15, -0.1) is 0 Å². The number of carbonyl (C=O) groups excluding carboxylic acids is 2. The van der Waals surface area contributed by atoms with Gasteiger partial charge in [-0.3, -0.25) is 4.79 Å². The van der Waals surface area contributed by atoms with Gasteiger partial charge >= 0.3 is 5.97 Å². The summed E-state index contributed by atoms with van der Waals surface area (Å²) in [7, 11) is 1.33. The summed E-state index contributed by atoms with van der Waals surface area (Å²) < 4.78 is 18.5. The third-order valence-corrected chi connectivity index (χ3v) is 6.17. The van der Waals surface area contributed by atoms with Gasteiger partial charge in [0, 0.05) is 17.6 Å². The standard InChI is InChI=1S/C26H30N2O5/c1-3-32-18-9-6-8-17(14-18)15-28-20-11-5-4-10-19(26(27)30)24(20)25-21(28)12-7-13-22(25)33-16-23(29)31-2/h6-9,12-14,19H,3-5,10-11,15-16H2,1-2H3,(H2,27,30). The fourth-order valence-electron chi connectivity index (χ4n) is 4.74. The minimum absolute atomic E-state index is 0.201. The first-order valence-electron chi connectivity index (χ1n) is 11.4. The molecule has 3 aromatic rings. The normalized spacial score (nSPS) is 15.5. The molecule has 1 atom stereocenters. The number of nitrogens with zero attached hydrogens (tertiary/aromatic N) is 1. The number of primary amides is 1. The Morgan fingerprint density at radius 2 is 1.94 bits per heavy atom. The van der Waals surface area contributed by atoms with E-state index in [0.717, 1.165) is 52.7 Å². The number of hydrogen-bond donors (Lipinski definition) is 1. The Labute approximate surface area is 193 Å². The van der Waals surface area contributed by atoms with Crippen LogP contribution in [0.1, 0.15) is 48.9 Å². The van der Waals surface area contributed by atoms with Crippen molar-refractivity contribution < 1.29 is 23.8 Å². The van der Waals surface area contributed by atoms with Gasteiger partial charge < -0.3 is 24.5 Å². The highest BCUT2D eigenvalue weighted by molar-refractivity contribution is 5.97. The Morgan fingerprint density at radius 1 is 1.12 bits per heavy atom. The Hall–Kier alpha value is -3.48. The molecule has 0 radical (unpaired) electrons. The Bertz CT molecular complexity index is 1170. The Morgan fingerprint density at radius 3 is 2.70 bits per heavy atom. The summed E-state index contributed by atoms with van der Waals surface area (Å²) >= 11 is 0. The molecule has 7 nitrogen and oxygen atoms in total. The van der Waals surface area contributed by atoms with E-state index in [2.05, 4.69) is 10.6 Å². The number of rotatable bonds is 8. The molecule has 7 heteroatoms. The van der Waals surface area contributed by atoms with E-state index in [1.165, 1.54) is 7.11 Å². The summed E-state index contributed by atoms with van der Waals surface area (Å²) in [5.74, 6) is 0.192. The molecule has 1 aliphatic rings. The lowest BCUT2D eigenvalue weighted by atomic mass is 9.92. The van der Waals surface area contributed by atoms with E-state index < -0.39 is 11.9 Å². The van der Waals surface area contributed by atoms with Gasteiger partial charge in [-0.05, 0) is 61.6 Å². The second-order valence-electron chi connectivity index (χ2n) is 8.24. The molecule has 0 fully saturated rings. The number of hydrogen-bond acceptors (Lipinski definition) is 5. The van der Waals surface area contributed by atoms with Crippen LogP contribution in [-0.4, -0.2) is 36.8 Å². The average molecular weight is 451 g/mol. The smallest absolute Gasteiger partial charge is 0.343 e. The van der Waals surface area contributed by atoms with E-state index in [1.54, 1.807) is 0 Å². The highest BCUT2D eigenvalue weighted by Gasteiger charge is 2.31.